The highest BCUT2D eigenvalue weighted by molar-refractivity contribution is 7.99. The zero-order valence-corrected chi connectivity index (χ0v) is 17.2. The van der Waals surface area contributed by atoms with Crippen molar-refractivity contribution in [2.45, 2.75) is 25.0 Å². The summed E-state index contributed by atoms with van der Waals surface area (Å²) in [5.74, 6) is 2.87. The number of ether oxygens (including phenoxy) is 2. The number of thioether (sulfide) groups is 1. The molecule has 2 aromatic carbocycles. The number of methoxy groups -OCH3 is 1. The minimum Gasteiger partial charge on any atom is -0.497 e. The number of fused-ring (bicyclic) bond motifs is 3. The van der Waals surface area contributed by atoms with E-state index in [1.807, 2.05) is 59.9 Å². The Kier molecular flexibility index (Phi) is 5.71. The van der Waals surface area contributed by atoms with Crippen LogP contribution in [0.25, 0.3) is 16.7 Å². The monoisotopic (exact) mass is 410 g/mol. The fourth-order valence-electron chi connectivity index (χ4n) is 3.22. The summed E-state index contributed by atoms with van der Waals surface area (Å²) in [5, 5.41) is 10.1. The molecule has 7 nitrogen and oxygen atoms in total. The molecule has 0 aliphatic carbocycles. The van der Waals surface area contributed by atoms with E-state index in [4.69, 9.17) is 9.47 Å². The molecule has 0 fully saturated rings. The average molecular weight is 410 g/mol. The number of para-hydroxylation sites is 1. The number of nitrogens with zero attached hydrogens (tertiary/aromatic N) is 4. The van der Waals surface area contributed by atoms with E-state index in [-0.39, 0.29) is 5.56 Å². The van der Waals surface area contributed by atoms with E-state index in [0.29, 0.717) is 30.1 Å². The first kappa shape index (κ1) is 19.3. The fourth-order valence-corrected chi connectivity index (χ4v) is 3.97. The molecule has 0 radical (unpaired) electrons. The second kappa shape index (κ2) is 8.57. The van der Waals surface area contributed by atoms with Crippen molar-refractivity contribution in [2.75, 3.05) is 19.5 Å². The molecule has 29 heavy (non-hydrogen) atoms. The molecule has 0 bridgehead atoms. The van der Waals surface area contributed by atoms with E-state index in [2.05, 4.69) is 10.2 Å². The van der Waals surface area contributed by atoms with Crippen LogP contribution in [0.1, 0.15) is 13.3 Å². The van der Waals surface area contributed by atoms with Gasteiger partial charge in [-0.25, -0.2) is 0 Å². The van der Waals surface area contributed by atoms with Gasteiger partial charge >= 0.3 is 0 Å². The van der Waals surface area contributed by atoms with Crippen LogP contribution in [0.3, 0.4) is 0 Å². The number of aromatic nitrogens is 4. The Hall–Kier alpha value is -3.00. The van der Waals surface area contributed by atoms with Crippen LogP contribution in [-0.2, 0) is 6.54 Å². The highest BCUT2D eigenvalue weighted by Crippen LogP contribution is 2.22. The van der Waals surface area contributed by atoms with Gasteiger partial charge in [0.1, 0.15) is 11.5 Å². The van der Waals surface area contributed by atoms with Gasteiger partial charge in [0.2, 0.25) is 5.78 Å². The SMILES string of the molecule is CCCn1c(=O)c2ccccc2n2c(SCCOc3ccc(OC)cc3)nnc12. The predicted octanol–water partition coefficient (Wildman–Crippen LogP) is 3.63. The number of hydrogen-bond donors (Lipinski definition) is 0. The van der Waals surface area contributed by atoms with Gasteiger partial charge < -0.3 is 9.47 Å². The van der Waals surface area contributed by atoms with Gasteiger partial charge in [-0.3, -0.25) is 13.8 Å². The van der Waals surface area contributed by atoms with Crippen LogP contribution >= 0.6 is 11.8 Å². The first-order valence-electron chi connectivity index (χ1n) is 9.49. The van der Waals surface area contributed by atoms with E-state index < -0.39 is 0 Å². The zero-order valence-electron chi connectivity index (χ0n) is 16.4. The number of hydrogen-bond acceptors (Lipinski definition) is 6. The molecule has 0 aliphatic rings. The zero-order chi connectivity index (χ0) is 20.2. The molecule has 4 aromatic rings. The van der Waals surface area contributed by atoms with Gasteiger partial charge in [0.25, 0.3) is 5.56 Å². The predicted molar refractivity (Wildman–Crippen MR) is 114 cm³/mol. The summed E-state index contributed by atoms with van der Waals surface area (Å²) in [6.45, 7) is 3.18. The van der Waals surface area contributed by atoms with Crippen molar-refractivity contribution in [3.63, 3.8) is 0 Å². The van der Waals surface area contributed by atoms with Gasteiger partial charge in [0.05, 0.1) is 24.6 Å². The maximum atomic E-state index is 12.9. The molecule has 0 unspecified atom stereocenters. The van der Waals surface area contributed by atoms with E-state index in [1.165, 1.54) is 0 Å². The summed E-state index contributed by atoms with van der Waals surface area (Å²) in [6.07, 6.45) is 0.846. The fraction of sp³-hybridized carbons (Fsp3) is 0.286. The van der Waals surface area contributed by atoms with Gasteiger partial charge in [-0.1, -0.05) is 30.8 Å². The van der Waals surface area contributed by atoms with E-state index in [9.17, 15) is 4.79 Å². The van der Waals surface area contributed by atoms with Gasteiger partial charge in [0.15, 0.2) is 5.16 Å². The molecule has 8 heteroatoms. The Morgan fingerprint density at radius 1 is 1.03 bits per heavy atom. The van der Waals surface area contributed by atoms with Crippen molar-refractivity contribution in [3.05, 3.63) is 58.9 Å². The van der Waals surface area contributed by atoms with E-state index >= 15 is 0 Å². The van der Waals surface area contributed by atoms with Crippen LogP contribution in [0.2, 0.25) is 0 Å². The first-order valence-corrected chi connectivity index (χ1v) is 10.5. The Labute approximate surface area is 172 Å². The van der Waals surface area contributed by atoms with Crippen LogP contribution in [0.15, 0.2) is 58.5 Å². The molecule has 150 valence electrons. The molecule has 4 rings (SSSR count). The third-order valence-electron chi connectivity index (χ3n) is 4.57. The topological polar surface area (TPSA) is 70.7 Å². The molecule has 2 heterocycles. The number of rotatable bonds is 8. The molecule has 0 atom stereocenters. The molecule has 0 saturated heterocycles. The molecule has 0 N–H and O–H groups in total. The lowest BCUT2D eigenvalue weighted by molar-refractivity contribution is 0.342. The lowest BCUT2D eigenvalue weighted by atomic mass is 10.2. The summed E-state index contributed by atoms with van der Waals surface area (Å²) in [4.78, 5) is 12.9. The maximum absolute atomic E-state index is 12.9. The molecule has 0 spiro atoms. The third-order valence-corrected chi connectivity index (χ3v) is 5.46. The summed E-state index contributed by atoms with van der Waals surface area (Å²) in [5.41, 5.74) is 0.796. The molecular weight excluding hydrogens is 388 g/mol. The lowest BCUT2D eigenvalue weighted by Gasteiger charge is -2.10. The van der Waals surface area contributed by atoms with Crippen LogP contribution in [-0.4, -0.2) is 38.6 Å². The van der Waals surface area contributed by atoms with E-state index in [0.717, 1.165) is 28.6 Å². The highest BCUT2D eigenvalue weighted by Gasteiger charge is 2.16. The van der Waals surface area contributed by atoms with Crippen molar-refractivity contribution in [1.29, 1.82) is 0 Å². The van der Waals surface area contributed by atoms with Gasteiger partial charge in [-0.05, 0) is 42.8 Å². The van der Waals surface area contributed by atoms with Crippen molar-refractivity contribution < 1.29 is 9.47 Å². The summed E-state index contributed by atoms with van der Waals surface area (Å²) in [7, 11) is 1.64. The minimum atomic E-state index is -0.0262. The average Bonchev–Trinajstić information content (AvgIpc) is 3.18. The molecule has 0 saturated carbocycles. The maximum Gasteiger partial charge on any atom is 0.262 e. The van der Waals surface area contributed by atoms with Gasteiger partial charge in [0, 0.05) is 12.3 Å². The largest absolute Gasteiger partial charge is 0.497 e. The quantitative estimate of drug-likeness (QED) is 0.326. The number of aryl methyl sites for hydroxylation is 1. The van der Waals surface area contributed by atoms with Crippen LogP contribution in [0.5, 0.6) is 11.5 Å². The minimum absolute atomic E-state index is 0.0262. The van der Waals surface area contributed by atoms with Crippen LogP contribution in [0.4, 0.5) is 0 Å². The summed E-state index contributed by atoms with van der Waals surface area (Å²) in [6, 6.07) is 15.1. The van der Waals surface area contributed by atoms with Crippen LogP contribution in [0, 0.1) is 0 Å². The van der Waals surface area contributed by atoms with Crippen molar-refractivity contribution in [1.82, 2.24) is 19.2 Å². The van der Waals surface area contributed by atoms with Gasteiger partial charge in [-0.15, -0.1) is 10.2 Å². The molecular formula is C21H22N4O3S. The Morgan fingerprint density at radius 2 is 1.79 bits per heavy atom. The molecule has 0 aliphatic heterocycles. The van der Waals surface area contributed by atoms with Crippen molar-refractivity contribution in [2.24, 2.45) is 0 Å². The number of benzene rings is 2. The standard InChI is InChI=1S/C21H22N4O3S/c1-3-12-24-19(26)17-6-4-5-7-18(17)25-20(24)22-23-21(25)29-14-13-28-16-10-8-15(27-2)9-11-16/h4-11H,3,12-14H2,1-2H3. The summed E-state index contributed by atoms with van der Waals surface area (Å²) < 4.78 is 14.6. The smallest absolute Gasteiger partial charge is 0.262 e. The normalized spacial score (nSPS) is 11.2. The van der Waals surface area contributed by atoms with E-state index in [1.54, 1.807) is 23.4 Å². The third kappa shape index (κ3) is 3.80. The highest BCUT2D eigenvalue weighted by atomic mass is 32.2. The van der Waals surface area contributed by atoms with Crippen molar-refractivity contribution >= 4 is 28.4 Å². The van der Waals surface area contributed by atoms with Gasteiger partial charge in [-0.2, -0.15) is 0 Å². The second-order valence-electron chi connectivity index (χ2n) is 6.46. The summed E-state index contributed by atoms with van der Waals surface area (Å²) >= 11 is 1.56. The molecule has 0 amide bonds. The first-order chi connectivity index (χ1) is 14.2. The Morgan fingerprint density at radius 3 is 2.55 bits per heavy atom. The lowest BCUT2D eigenvalue weighted by Crippen LogP contribution is -2.23. The second-order valence-corrected chi connectivity index (χ2v) is 7.53. The Bertz CT molecular complexity index is 1180. The van der Waals surface area contributed by atoms with Crippen LogP contribution < -0.4 is 15.0 Å². The van der Waals surface area contributed by atoms with Crippen molar-refractivity contribution in [3.8, 4) is 11.5 Å². The Balaban J connectivity index is 1.57. The molecule has 2 aromatic heterocycles.